The summed E-state index contributed by atoms with van der Waals surface area (Å²) in [5.41, 5.74) is 2.46. The third-order valence-electron chi connectivity index (χ3n) is 6.03. The molecule has 0 bridgehead atoms. The Kier molecular flexibility index (Phi) is 3.89. The predicted molar refractivity (Wildman–Crippen MR) is 132 cm³/mol. The normalized spacial score (nSPS) is 12.4. The molecule has 0 fully saturated rings. The van der Waals surface area contributed by atoms with Crippen LogP contribution in [0.15, 0.2) is 109 Å². The lowest BCUT2D eigenvalue weighted by atomic mass is 9.88. The van der Waals surface area contributed by atoms with E-state index in [1.54, 1.807) is 0 Å². The van der Waals surface area contributed by atoms with Gasteiger partial charge in [-0.25, -0.2) is 0 Å². The molecule has 0 saturated carbocycles. The van der Waals surface area contributed by atoms with Crippen molar-refractivity contribution < 1.29 is 0 Å². The van der Waals surface area contributed by atoms with Gasteiger partial charge in [0.05, 0.1) is 0 Å². The van der Waals surface area contributed by atoms with E-state index < -0.39 is 0 Å². The first-order chi connectivity index (χ1) is 14.9. The van der Waals surface area contributed by atoms with Crippen molar-refractivity contribution in [1.82, 2.24) is 0 Å². The van der Waals surface area contributed by atoms with Crippen molar-refractivity contribution in [2.45, 2.75) is 0 Å². The Bertz CT molecular complexity index is 1520. The average Bonchev–Trinajstić information content (AvgIpc) is 2.81. The van der Waals surface area contributed by atoms with Gasteiger partial charge in [0.2, 0.25) is 0 Å². The van der Waals surface area contributed by atoms with E-state index in [4.69, 9.17) is 0 Å². The maximum Gasteiger partial charge on any atom is -0.00204 e. The lowest BCUT2D eigenvalue weighted by Crippen LogP contribution is -1.88. The molecule has 0 spiro atoms. The Morgan fingerprint density at radius 2 is 1.00 bits per heavy atom. The first-order valence-corrected chi connectivity index (χ1v) is 10.4. The molecule has 0 heteroatoms. The van der Waals surface area contributed by atoms with Gasteiger partial charge in [-0.2, -0.15) is 0 Å². The van der Waals surface area contributed by atoms with E-state index in [0.717, 1.165) is 0 Å². The molecule has 0 amide bonds. The lowest BCUT2D eigenvalue weighted by Gasteiger charge is -2.15. The highest BCUT2D eigenvalue weighted by Crippen LogP contribution is 2.41. The third kappa shape index (κ3) is 2.62. The lowest BCUT2D eigenvalue weighted by molar-refractivity contribution is 1.66. The minimum absolute atomic E-state index is 1.21. The fourth-order valence-corrected chi connectivity index (χ4v) is 4.70. The van der Waals surface area contributed by atoms with E-state index in [1.165, 1.54) is 54.2 Å². The molecule has 0 aliphatic rings. The summed E-state index contributed by atoms with van der Waals surface area (Å²) in [6.07, 6.45) is 8.59. The molecule has 6 rings (SSSR count). The number of allylic oxidation sites excluding steroid dienone is 2. The summed E-state index contributed by atoms with van der Waals surface area (Å²) in [6.45, 7) is 0. The number of hydrogen-bond donors (Lipinski definition) is 0. The van der Waals surface area contributed by atoms with E-state index in [2.05, 4.69) is 115 Å². The van der Waals surface area contributed by atoms with Crippen molar-refractivity contribution in [3.63, 3.8) is 0 Å². The Labute approximate surface area is 175 Å². The van der Waals surface area contributed by atoms with E-state index >= 15 is 0 Å². The maximum absolute atomic E-state index is 2.29. The van der Waals surface area contributed by atoms with Gasteiger partial charge < -0.3 is 0 Å². The van der Waals surface area contributed by atoms with Gasteiger partial charge in [0.25, 0.3) is 0 Å². The van der Waals surface area contributed by atoms with E-state index in [1.807, 2.05) is 6.07 Å². The fourth-order valence-electron chi connectivity index (χ4n) is 4.70. The quantitative estimate of drug-likeness (QED) is 0.164. The zero-order valence-electron chi connectivity index (χ0n) is 16.5. The van der Waals surface area contributed by atoms with Crippen LogP contribution in [0.1, 0.15) is 11.1 Å². The van der Waals surface area contributed by atoms with Gasteiger partial charge in [-0.3, -0.25) is 0 Å². The van der Waals surface area contributed by atoms with Crippen LogP contribution in [0.4, 0.5) is 0 Å². The van der Waals surface area contributed by atoms with Gasteiger partial charge in [-0.1, -0.05) is 121 Å². The maximum atomic E-state index is 2.29. The Morgan fingerprint density at radius 3 is 1.77 bits per heavy atom. The standard InChI is InChI=1S/C30H20/c1-2-9-21(10-3-1)11-4-5-12-22-19-20-28-26-17-7-14-23-13-6-16-25(29(23)26)27-18-8-15-24(22)30(27)28/h1-20H. The number of fused-ring (bicyclic) bond motifs is 2. The molecular weight excluding hydrogens is 360 g/mol. The topological polar surface area (TPSA) is 0 Å². The zero-order chi connectivity index (χ0) is 19.9. The Balaban J connectivity index is 1.56. The molecule has 0 saturated heterocycles. The molecule has 30 heavy (non-hydrogen) atoms. The Hall–Kier alpha value is -3.90. The Morgan fingerprint density at radius 1 is 0.400 bits per heavy atom. The highest BCUT2D eigenvalue weighted by atomic mass is 14.2. The molecular formula is C30H20. The number of benzene rings is 6. The largest absolute Gasteiger partial charge is 0.0622 e. The fraction of sp³-hybridized carbons (Fsp3) is 0. The van der Waals surface area contributed by atoms with Crippen LogP contribution < -0.4 is 0 Å². The van der Waals surface area contributed by atoms with E-state index in [0.29, 0.717) is 0 Å². The van der Waals surface area contributed by atoms with Gasteiger partial charge in [0.1, 0.15) is 0 Å². The summed E-state index contributed by atoms with van der Waals surface area (Å²) in [6, 6.07) is 34.9. The summed E-state index contributed by atoms with van der Waals surface area (Å²) >= 11 is 0. The van der Waals surface area contributed by atoms with E-state index in [-0.39, 0.29) is 0 Å². The predicted octanol–water partition coefficient (Wildman–Crippen LogP) is 8.46. The summed E-state index contributed by atoms with van der Waals surface area (Å²) in [5, 5.41) is 10.7. The van der Waals surface area contributed by atoms with Crippen molar-refractivity contribution >= 4 is 55.2 Å². The minimum Gasteiger partial charge on any atom is -0.0622 e. The summed E-state index contributed by atoms with van der Waals surface area (Å²) in [5.74, 6) is 0. The summed E-state index contributed by atoms with van der Waals surface area (Å²) in [7, 11) is 0. The number of rotatable bonds is 3. The van der Waals surface area contributed by atoms with Crippen molar-refractivity contribution in [3.05, 3.63) is 120 Å². The van der Waals surface area contributed by atoms with E-state index in [9.17, 15) is 0 Å². The molecule has 0 aliphatic heterocycles. The highest BCUT2D eigenvalue weighted by molar-refractivity contribution is 6.33. The van der Waals surface area contributed by atoms with Crippen LogP contribution in [0, 0.1) is 0 Å². The van der Waals surface area contributed by atoms with Crippen LogP contribution in [0.5, 0.6) is 0 Å². The summed E-state index contributed by atoms with van der Waals surface area (Å²) < 4.78 is 0. The van der Waals surface area contributed by atoms with Crippen molar-refractivity contribution in [2.75, 3.05) is 0 Å². The molecule has 140 valence electrons. The van der Waals surface area contributed by atoms with Crippen LogP contribution >= 0.6 is 0 Å². The summed E-state index contributed by atoms with van der Waals surface area (Å²) in [4.78, 5) is 0. The monoisotopic (exact) mass is 380 g/mol. The highest BCUT2D eigenvalue weighted by Gasteiger charge is 2.13. The second-order valence-electron chi connectivity index (χ2n) is 7.77. The first-order valence-electron chi connectivity index (χ1n) is 10.4. The minimum atomic E-state index is 1.21. The second-order valence-corrected chi connectivity index (χ2v) is 7.77. The van der Waals surface area contributed by atoms with Gasteiger partial charge in [0.15, 0.2) is 0 Å². The first kappa shape index (κ1) is 17.0. The molecule has 0 nitrogen and oxygen atoms in total. The molecule has 0 N–H and O–H groups in total. The van der Waals surface area contributed by atoms with Crippen LogP contribution in [0.25, 0.3) is 55.2 Å². The van der Waals surface area contributed by atoms with Crippen LogP contribution in [-0.2, 0) is 0 Å². The van der Waals surface area contributed by atoms with Gasteiger partial charge >= 0.3 is 0 Å². The third-order valence-corrected chi connectivity index (χ3v) is 6.03. The second kappa shape index (κ2) is 6.86. The number of hydrogen-bond acceptors (Lipinski definition) is 0. The molecule has 0 heterocycles. The SMILES string of the molecule is C(C=Cc1ccc2c3cccc4cccc(c5cccc1c52)c43)=Cc1ccccc1. The van der Waals surface area contributed by atoms with Gasteiger partial charge in [-0.15, -0.1) is 0 Å². The van der Waals surface area contributed by atoms with Crippen molar-refractivity contribution in [2.24, 2.45) is 0 Å². The molecule has 0 aromatic heterocycles. The van der Waals surface area contributed by atoms with Crippen molar-refractivity contribution in [1.29, 1.82) is 0 Å². The van der Waals surface area contributed by atoms with Crippen LogP contribution in [0.2, 0.25) is 0 Å². The molecule has 0 radical (unpaired) electrons. The van der Waals surface area contributed by atoms with Gasteiger partial charge in [0, 0.05) is 0 Å². The van der Waals surface area contributed by atoms with Gasteiger partial charge in [-0.05, 0) is 54.2 Å². The molecule has 0 aliphatic carbocycles. The zero-order valence-corrected chi connectivity index (χ0v) is 16.5. The smallest absolute Gasteiger partial charge is 0.00204 e. The van der Waals surface area contributed by atoms with Crippen molar-refractivity contribution in [3.8, 4) is 0 Å². The average molecular weight is 380 g/mol. The van der Waals surface area contributed by atoms with Crippen LogP contribution in [-0.4, -0.2) is 0 Å². The molecule has 0 unspecified atom stereocenters. The molecule has 6 aromatic carbocycles. The van der Waals surface area contributed by atoms with Crippen LogP contribution in [0.3, 0.4) is 0 Å². The molecule has 0 atom stereocenters. The molecule has 6 aromatic rings.